The summed E-state index contributed by atoms with van der Waals surface area (Å²) in [6, 6.07) is 0. The summed E-state index contributed by atoms with van der Waals surface area (Å²) in [6.07, 6.45) is 5.88. The highest BCUT2D eigenvalue weighted by Crippen LogP contribution is 2.39. The lowest BCUT2D eigenvalue weighted by molar-refractivity contribution is 0.323. The van der Waals surface area contributed by atoms with Gasteiger partial charge in [0.15, 0.2) is 5.65 Å². The van der Waals surface area contributed by atoms with E-state index in [2.05, 4.69) is 28.2 Å². The monoisotopic (exact) mass is 294 g/mol. The van der Waals surface area contributed by atoms with Gasteiger partial charge in [0.2, 0.25) is 0 Å². The van der Waals surface area contributed by atoms with Crippen molar-refractivity contribution < 1.29 is 0 Å². The highest BCUT2D eigenvalue weighted by molar-refractivity contribution is 6.17. The molecule has 0 N–H and O–H groups in total. The number of nitrogens with zero attached hydrogens (tertiary/aromatic N) is 4. The SMILES string of the molecule is CCn1nc(C)c2nc(CCCl)n(C3(C)CCCC3)c21. The summed E-state index contributed by atoms with van der Waals surface area (Å²) in [6.45, 7) is 7.43. The molecule has 0 atom stereocenters. The first-order valence-corrected chi connectivity index (χ1v) is 8.15. The van der Waals surface area contributed by atoms with Gasteiger partial charge in [-0.1, -0.05) is 12.8 Å². The van der Waals surface area contributed by atoms with Gasteiger partial charge in [-0.05, 0) is 33.6 Å². The number of aryl methyl sites for hydroxylation is 3. The minimum absolute atomic E-state index is 0.176. The van der Waals surface area contributed by atoms with Crippen LogP contribution in [0, 0.1) is 6.92 Å². The van der Waals surface area contributed by atoms with Crippen LogP contribution < -0.4 is 0 Å². The van der Waals surface area contributed by atoms with E-state index in [1.807, 2.05) is 6.92 Å². The number of hydrogen-bond acceptors (Lipinski definition) is 2. The molecule has 2 aromatic heterocycles. The van der Waals surface area contributed by atoms with Gasteiger partial charge in [-0.25, -0.2) is 9.67 Å². The lowest BCUT2D eigenvalue weighted by Crippen LogP contribution is -2.29. The molecule has 2 heterocycles. The molecule has 3 rings (SSSR count). The van der Waals surface area contributed by atoms with Crippen LogP contribution in [-0.2, 0) is 18.5 Å². The lowest BCUT2D eigenvalue weighted by atomic mass is 10.00. The van der Waals surface area contributed by atoms with Gasteiger partial charge in [-0.3, -0.25) is 0 Å². The summed E-state index contributed by atoms with van der Waals surface area (Å²) in [7, 11) is 0. The van der Waals surface area contributed by atoms with Crippen molar-refractivity contribution in [1.82, 2.24) is 19.3 Å². The molecule has 110 valence electrons. The number of rotatable bonds is 4. The van der Waals surface area contributed by atoms with Crippen molar-refractivity contribution in [3.63, 3.8) is 0 Å². The molecule has 0 unspecified atom stereocenters. The van der Waals surface area contributed by atoms with Crippen LogP contribution in [0.25, 0.3) is 11.2 Å². The maximum Gasteiger partial charge on any atom is 0.159 e. The second kappa shape index (κ2) is 5.06. The van der Waals surface area contributed by atoms with E-state index in [0.717, 1.165) is 30.0 Å². The van der Waals surface area contributed by atoms with Crippen molar-refractivity contribution in [3.8, 4) is 0 Å². The van der Waals surface area contributed by atoms with Crippen LogP contribution in [0.3, 0.4) is 0 Å². The second-order valence-electron chi connectivity index (χ2n) is 6.08. The molecule has 4 nitrogen and oxygen atoms in total. The Labute approximate surface area is 125 Å². The fourth-order valence-corrected chi connectivity index (χ4v) is 3.78. The van der Waals surface area contributed by atoms with E-state index in [1.165, 1.54) is 31.3 Å². The summed E-state index contributed by atoms with van der Waals surface area (Å²) in [4.78, 5) is 4.86. The molecule has 20 heavy (non-hydrogen) atoms. The van der Waals surface area contributed by atoms with E-state index in [0.29, 0.717) is 5.88 Å². The third-order valence-corrected chi connectivity index (χ3v) is 4.81. The maximum atomic E-state index is 5.99. The van der Waals surface area contributed by atoms with Crippen LogP contribution >= 0.6 is 11.6 Å². The van der Waals surface area contributed by atoms with E-state index in [9.17, 15) is 0 Å². The zero-order valence-corrected chi connectivity index (χ0v) is 13.4. The van der Waals surface area contributed by atoms with E-state index in [4.69, 9.17) is 16.6 Å². The van der Waals surface area contributed by atoms with Gasteiger partial charge in [0.05, 0.1) is 5.69 Å². The van der Waals surface area contributed by atoms with Crippen LogP contribution in [0.5, 0.6) is 0 Å². The molecule has 0 radical (unpaired) electrons. The Kier molecular flexibility index (Phi) is 3.53. The normalized spacial score (nSPS) is 18.2. The van der Waals surface area contributed by atoms with E-state index in [1.54, 1.807) is 0 Å². The van der Waals surface area contributed by atoms with Gasteiger partial charge in [0.25, 0.3) is 0 Å². The smallest absolute Gasteiger partial charge is 0.159 e. The molecule has 1 aliphatic rings. The van der Waals surface area contributed by atoms with Crippen LogP contribution in [0.15, 0.2) is 0 Å². The summed E-state index contributed by atoms with van der Waals surface area (Å²) in [5, 5.41) is 4.63. The van der Waals surface area contributed by atoms with Crippen molar-refractivity contribution in [2.24, 2.45) is 0 Å². The van der Waals surface area contributed by atoms with Crippen LogP contribution in [0.4, 0.5) is 0 Å². The molecule has 1 fully saturated rings. The van der Waals surface area contributed by atoms with Gasteiger partial charge < -0.3 is 4.57 Å². The van der Waals surface area contributed by atoms with Gasteiger partial charge in [-0.2, -0.15) is 5.10 Å². The largest absolute Gasteiger partial charge is 0.307 e. The molecule has 0 amide bonds. The third kappa shape index (κ3) is 1.96. The number of fused-ring (bicyclic) bond motifs is 1. The van der Waals surface area contributed by atoms with Crippen molar-refractivity contribution >= 4 is 22.8 Å². The molecule has 2 aromatic rings. The summed E-state index contributed by atoms with van der Waals surface area (Å²) in [5.74, 6) is 1.75. The number of alkyl halides is 1. The minimum atomic E-state index is 0.176. The highest BCUT2D eigenvalue weighted by Gasteiger charge is 2.35. The van der Waals surface area contributed by atoms with E-state index < -0.39 is 0 Å². The zero-order valence-electron chi connectivity index (χ0n) is 12.6. The van der Waals surface area contributed by atoms with Crippen molar-refractivity contribution in [2.75, 3.05) is 5.88 Å². The summed E-state index contributed by atoms with van der Waals surface area (Å²) < 4.78 is 4.54. The first-order valence-electron chi connectivity index (χ1n) is 7.62. The van der Waals surface area contributed by atoms with E-state index in [-0.39, 0.29) is 5.54 Å². The summed E-state index contributed by atoms with van der Waals surface area (Å²) in [5.41, 5.74) is 3.45. The molecule has 0 bridgehead atoms. The predicted molar refractivity (Wildman–Crippen MR) is 82.5 cm³/mol. The molecule has 0 aromatic carbocycles. The molecule has 0 spiro atoms. The van der Waals surface area contributed by atoms with E-state index >= 15 is 0 Å². The zero-order chi connectivity index (χ0) is 14.3. The molecular formula is C15H23ClN4. The quantitative estimate of drug-likeness (QED) is 0.807. The number of imidazole rings is 1. The summed E-state index contributed by atoms with van der Waals surface area (Å²) >= 11 is 5.99. The van der Waals surface area contributed by atoms with Crippen molar-refractivity contribution in [3.05, 3.63) is 11.5 Å². The molecule has 5 heteroatoms. The topological polar surface area (TPSA) is 35.6 Å². The fraction of sp³-hybridized carbons (Fsp3) is 0.733. The van der Waals surface area contributed by atoms with Gasteiger partial charge in [-0.15, -0.1) is 11.6 Å². The van der Waals surface area contributed by atoms with Crippen molar-refractivity contribution in [1.29, 1.82) is 0 Å². The molecular weight excluding hydrogens is 272 g/mol. The number of aromatic nitrogens is 4. The molecule has 1 aliphatic carbocycles. The Hall–Kier alpha value is -1.03. The third-order valence-electron chi connectivity index (χ3n) is 4.62. The van der Waals surface area contributed by atoms with Crippen LogP contribution in [0.2, 0.25) is 0 Å². The Morgan fingerprint density at radius 3 is 2.60 bits per heavy atom. The molecule has 0 saturated heterocycles. The average Bonchev–Trinajstić information content (AvgIpc) is 3.07. The number of halogens is 1. The van der Waals surface area contributed by atoms with Gasteiger partial charge in [0.1, 0.15) is 11.3 Å². The maximum absolute atomic E-state index is 5.99. The van der Waals surface area contributed by atoms with Gasteiger partial charge in [0, 0.05) is 24.4 Å². The standard InChI is InChI=1S/C15H23ClN4/c1-4-19-14-13(11(2)18-19)17-12(7-10-16)20(14)15(3)8-5-6-9-15/h4-10H2,1-3H3. The fourth-order valence-electron chi connectivity index (χ4n) is 3.61. The van der Waals surface area contributed by atoms with Crippen LogP contribution in [-0.4, -0.2) is 25.2 Å². The number of hydrogen-bond donors (Lipinski definition) is 0. The second-order valence-corrected chi connectivity index (χ2v) is 6.46. The Morgan fingerprint density at radius 1 is 1.30 bits per heavy atom. The first-order chi connectivity index (χ1) is 9.60. The Bertz CT molecular complexity index is 619. The van der Waals surface area contributed by atoms with Crippen molar-refractivity contribution in [2.45, 2.75) is 65.0 Å². The van der Waals surface area contributed by atoms with Crippen LogP contribution in [0.1, 0.15) is 51.0 Å². The average molecular weight is 295 g/mol. The minimum Gasteiger partial charge on any atom is -0.307 e. The lowest BCUT2D eigenvalue weighted by Gasteiger charge is -2.28. The molecule has 0 aliphatic heterocycles. The molecule has 1 saturated carbocycles. The Balaban J connectivity index is 2.27. The highest BCUT2D eigenvalue weighted by atomic mass is 35.5. The first kappa shape index (κ1) is 13.9. The van der Waals surface area contributed by atoms with Gasteiger partial charge >= 0.3 is 0 Å². The Morgan fingerprint density at radius 2 is 2.00 bits per heavy atom. The predicted octanol–water partition coefficient (Wildman–Crippen LogP) is 3.63.